The van der Waals surface area contributed by atoms with Gasteiger partial charge in [-0.1, -0.05) is 36.4 Å². The van der Waals surface area contributed by atoms with E-state index in [1.54, 1.807) is 63.2 Å². The van der Waals surface area contributed by atoms with Crippen LogP contribution in [0.5, 0.6) is 23.0 Å². The van der Waals surface area contributed by atoms with Crippen LogP contribution >= 0.6 is 0 Å². The average molecular weight is 985 g/mol. The summed E-state index contributed by atoms with van der Waals surface area (Å²) in [6, 6.07) is 24.3. The molecule has 380 valence electrons. The van der Waals surface area contributed by atoms with E-state index in [9.17, 15) is 31.9 Å². The third-order valence-electron chi connectivity index (χ3n) is 13.1. The van der Waals surface area contributed by atoms with Gasteiger partial charge in [0.2, 0.25) is 0 Å². The number of likely N-dealkylation sites (tertiary alicyclic amines) is 1. The van der Waals surface area contributed by atoms with Crippen molar-refractivity contribution in [1.82, 2.24) is 20.0 Å². The van der Waals surface area contributed by atoms with Gasteiger partial charge in [-0.15, -0.1) is 0 Å². The molecule has 2 spiro atoms. The molecule has 0 unspecified atom stereocenters. The normalized spacial score (nSPS) is 16.5. The maximum atomic E-state index is 13.3. The van der Waals surface area contributed by atoms with E-state index in [-0.39, 0.29) is 29.4 Å². The molecule has 4 aliphatic heterocycles. The molecule has 0 radical (unpaired) electrons. The molecule has 4 heterocycles. The van der Waals surface area contributed by atoms with Crippen LogP contribution in [0.2, 0.25) is 0 Å². The third-order valence-corrected chi connectivity index (χ3v) is 13.1. The van der Waals surface area contributed by atoms with Crippen molar-refractivity contribution in [3.63, 3.8) is 0 Å². The number of ether oxygens (including phenoxy) is 5. The van der Waals surface area contributed by atoms with Crippen LogP contribution in [0.4, 0.5) is 22.4 Å². The van der Waals surface area contributed by atoms with Gasteiger partial charge < -0.3 is 43.7 Å². The van der Waals surface area contributed by atoms with E-state index in [0.717, 1.165) is 42.6 Å². The minimum absolute atomic E-state index is 0.0121. The lowest BCUT2D eigenvalue weighted by molar-refractivity contribution is -0.0511. The maximum absolute atomic E-state index is 13.3. The van der Waals surface area contributed by atoms with Gasteiger partial charge in [0.25, 0.3) is 11.8 Å². The number of nitrogens with zero attached hydrogens (tertiary/aromatic N) is 3. The van der Waals surface area contributed by atoms with Crippen molar-refractivity contribution < 1.29 is 55.6 Å². The van der Waals surface area contributed by atoms with Crippen molar-refractivity contribution in [2.24, 2.45) is 0 Å². The summed E-state index contributed by atoms with van der Waals surface area (Å²) >= 11 is 0. The lowest BCUT2D eigenvalue weighted by Gasteiger charge is -2.43. The molecule has 4 aromatic carbocycles. The van der Waals surface area contributed by atoms with Gasteiger partial charge in [-0.05, 0) is 145 Å². The molecule has 3 amide bonds. The third kappa shape index (κ3) is 12.1. The van der Waals surface area contributed by atoms with E-state index >= 15 is 0 Å². The highest BCUT2D eigenvalue weighted by Crippen LogP contribution is 2.49. The Hall–Kier alpha value is -6.55. The highest BCUT2D eigenvalue weighted by Gasteiger charge is 2.42. The molecule has 2 saturated heterocycles. The molecule has 0 aromatic heterocycles. The molecular weight excluding hydrogens is 921 g/mol. The Balaban J connectivity index is 0.000000213. The Labute approximate surface area is 413 Å². The highest BCUT2D eigenvalue weighted by molar-refractivity contribution is 5.96. The van der Waals surface area contributed by atoms with Crippen molar-refractivity contribution in [1.29, 1.82) is 0 Å². The number of alkyl halides is 4. The van der Waals surface area contributed by atoms with Gasteiger partial charge in [0, 0.05) is 76.1 Å². The van der Waals surface area contributed by atoms with E-state index in [1.807, 2.05) is 84.9 Å². The largest absolute Gasteiger partial charge is 0.482 e. The molecule has 4 aromatic rings. The van der Waals surface area contributed by atoms with Crippen LogP contribution < -0.4 is 24.3 Å². The molecule has 4 aliphatic rings. The molecule has 71 heavy (non-hydrogen) atoms. The Morgan fingerprint density at radius 3 is 1.38 bits per heavy atom. The summed E-state index contributed by atoms with van der Waals surface area (Å²) in [6.45, 7) is 12.2. The Kier molecular flexibility index (Phi) is 16.4. The average Bonchev–Trinajstić information content (AvgIpc) is 3.34. The van der Waals surface area contributed by atoms with Gasteiger partial charge >= 0.3 is 19.3 Å². The molecule has 0 atom stereocenters. The zero-order chi connectivity index (χ0) is 51.1. The highest BCUT2D eigenvalue weighted by atomic mass is 19.3. The van der Waals surface area contributed by atoms with E-state index in [0.29, 0.717) is 91.4 Å². The first-order valence-corrected chi connectivity index (χ1v) is 24.4. The van der Waals surface area contributed by atoms with Crippen molar-refractivity contribution in [3.8, 4) is 23.0 Å². The fourth-order valence-electron chi connectivity index (χ4n) is 9.44. The van der Waals surface area contributed by atoms with Crippen LogP contribution in [0.3, 0.4) is 0 Å². The number of nitrogens with one attached hydrogen (secondary N) is 1. The van der Waals surface area contributed by atoms with Gasteiger partial charge in [0.15, 0.2) is 0 Å². The Morgan fingerprint density at radius 1 is 0.620 bits per heavy atom. The molecule has 1 N–H and O–H groups in total. The zero-order valence-corrected chi connectivity index (χ0v) is 41.5. The number of rotatable bonds is 12. The predicted octanol–water partition coefficient (Wildman–Crippen LogP) is 11.1. The monoisotopic (exact) mass is 984 g/mol. The van der Waals surface area contributed by atoms with Gasteiger partial charge in [-0.3, -0.25) is 9.59 Å². The van der Waals surface area contributed by atoms with E-state index in [2.05, 4.69) is 5.32 Å². The molecular formula is C55H64F4N4O8. The van der Waals surface area contributed by atoms with Gasteiger partial charge in [0.05, 0.1) is 11.1 Å². The van der Waals surface area contributed by atoms with E-state index in [1.165, 1.54) is 12.1 Å². The van der Waals surface area contributed by atoms with Crippen molar-refractivity contribution in [2.75, 3.05) is 52.4 Å². The quantitative estimate of drug-likeness (QED) is 0.138. The van der Waals surface area contributed by atoms with Crippen LogP contribution in [0.15, 0.2) is 97.1 Å². The lowest BCUT2D eigenvalue weighted by atomic mass is 9.82. The number of hydrogen-bond acceptors (Lipinski definition) is 9. The molecule has 2 fully saturated rings. The number of piperidine rings is 2. The first-order valence-electron chi connectivity index (χ1n) is 24.4. The molecule has 0 bridgehead atoms. The summed E-state index contributed by atoms with van der Waals surface area (Å²) in [5, 5.41) is 3.34. The van der Waals surface area contributed by atoms with E-state index in [4.69, 9.17) is 23.7 Å². The fraction of sp³-hybridized carbons (Fsp3) is 0.436. The molecule has 0 aliphatic carbocycles. The first-order chi connectivity index (χ1) is 33.9. The second kappa shape index (κ2) is 22.3. The minimum atomic E-state index is -3.00. The smallest absolute Gasteiger partial charge is 0.410 e. The van der Waals surface area contributed by atoms with Crippen molar-refractivity contribution in [2.45, 2.75) is 104 Å². The number of hydrogen-bond donors (Lipinski definition) is 1. The molecule has 12 nitrogen and oxygen atoms in total. The van der Waals surface area contributed by atoms with Crippen molar-refractivity contribution in [3.05, 3.63) is 130 Å². The summed E-state index contributed by atoms with van der Waals surface area (Å²) in [6.07, 6.45) is 6.14. The molecule has 16 heteroatoms. The molecule has 0 saturated carbocycles. The number of amides is 3. The standard InChI is InChI=1S/C30H36F2N2O5.C25H28F2N2O3/c1-6-33(7-2)26(35)21-13-11-20(12-14-21)22-19-30(15-17-34(18-16-30)28(36)39-29(3,4)5)38-24-10-8-9-23(25(22)24)37-27(31)32;1-3-29(4-2)23(30)18-10-8-17(9-11-18)19-16-25(12-14-28-15-13-25)32-21-7-5-6-20(22(19)21)31-24(26)27/h8-14,19,27H,6-7,15-18H2,1-5H3;5-11,16,24,28H,3-4,12-15H2,1-2H3. The second-order valence-corrected chi connectivity index (χ2v) is 18.8. The van der Waals surface area contributed by atoms with Crippen LogP contribution in [0, 0.1) is 0 Å². The lowest BCUT2D eigenvalue weighted by Crippen LogP contribution is -2.50. The topological polar surface area (TPSA) is 119 Å². The first kappa shape index (κ1) is 52.3. The van der Waals surface area contributed by atoms with Crippen LogP contribution in [0.25, 0.3) is 11.1 Å². The van der Waals surface area contributed by atoms with Crippen LogP contribution in [-0.2, 0) is 4.74 Å². The fourth-order valence-corrected chi connectivity index (χ4v) is 9.44. The number of fused-ring (bicyclic) bond motifs is 2. The summed E-state index contributed by atoms with van der Waals surface area (Å²) < 4.78 is 80.9. The van der Waals surface area contributed by atoms with Gasteiger partial charge in [-0.2, -0.15) is 17.6 Å². The predicted molar refractivity (Wildman–Crippen MR) is 264 cm³/mol. The summed E-state index contributed by atoms with van der Waals surface area (Å²) in [5.41, 5.74) is 3.27. The zero-order valence-electron chi connectivity index (χ0n) is 41.5. The minimum Gasteiger partial charge on any atom is -0.482 e. The van der Waals surface area contributed by atoms with Gasteiger partial charge in [0.1, 0.15) is 39.8 Å². The number of benzene rings is 4. The van der Waals surface area contributed by atoms with Crippen LogP contribution in [0.1, 0.15) is 117 Å². The van der Waals surface area contributed by atoms with E-state index < -0.39 is 30.0 Å². The molecule has 8 rings (SSSR count). The van der Waals surface area contributed by atoms with Crippen molar-refractivity contribution >= 4 is 29.1 Å². The SMILES string of the molecule is CCN(CC)C(=O)c1ccc(C2=CC3(CCN(C(=O)OC(C)(C)C)CC3)Oc3cccc(OC(F)F)c32)cc1.CCN(CC)C(=O)c1ccc(C2=CC3(CCNCC3)Oc3cccc(OC(F)F)c32)cc1. The maximum Gasteiger partial charge on any atom is 0.410 e. The summed E-state index contributed by atoms with van der Waals surface area (Å²) in [7, 11) is 0. The summed E-state index contributed by atoms with van der Waals surface area (Å²) in [4.78, 5) is 43.3. The number of carbonyl (C=O) groups is 3. The Morgan fingerprint density at radius 2 is 1.01 bits per heavy atom. The number of carbonyl (C=O) groups excluding carboxylic acids is 3. The number of halogens is 4. The second-order valence-electron chi connectivity index (χ2n) is 18.8. The van der Waals surface area contributed by atoms with Gasteiger partial charge in [-0.25, -0.2) is 4.79 Å². The summed E-state index contributed by atoms with van der Waals surface area (Å²) in [5.74, 6) is 0.958. The Bertz CT molecular complexity index is 2570. The van der Waals surface area contributed by atoms with Crippen LogP contribution in [-0.4, -0.2) is 115 Å².